The Morgan fingerprint density at radius 1 is 1.29 bits per heavy atom. The Morgan fingerprint density at radius 2 is 2.04 bits per heavy atom. The number of sulfonamides is 1. The first kappa shape index (κ1) is 18.5. The topological polar surface area (TPSA) is 79.4 Å². The molecule has 0 aliphatic heterocycles. The molecule has 1 aromatic heterocycles. The van der Waals surface area contributed by atoms with Crippen molar-refractivity contribution in [3.63, 3.8) is 0 Å². The van der Waals surface area contributed by atoms with E-state index >= 15 is 0 Å². The molecule has 0 unspecified atom stereocenters. The molecule has 0 saturated carbocycles. The summed E-state index contributed by atoms with van der Waals surface area (Å²) >= 11 is 11.9. The second-order valence-corrected chi connectivity index (χ2v) is 7.75. The average Bonchev–Trinajstić information content (AvgIpc) is 2.53. The smallest absolute Gasteiger partial charge is 0.241 e. The Hall–Kier alpha value is -1.83. The molecule has 0 atom stereocenters. The van der Waals surface area contributed by atoms with Crippen LogP contribution in [0.4, 0.5) is 5.69 Å². The quantitative estimate of drug-likeness (QED) is 0.825. The summed E-state index contributed by atoms with van der Waals surface area (Å²) in [7, 11) is -3.72. The van der Waals surface area contributed by atoms with E-state index in [0.29, 0.717) is 5.02 Å². The first-order chi connectivity index (χ1) is 11.3. The Morgan fingerprint density at radius 3 is 2.67 bits per heavy atom. The van der Waals surface area contributed by atoms with E-state index in [1.165, 1.54) is 18.2 Å². The minimum atomic E-state index is -3.72. The summed E-state index contributed by atoms with van der Waals surface area (Å²) in [5.41, 5.74) is 0.959. The van der Waals surface area contributed by atoms with Gasteiger partial charge in [-0.05, 0) is 29.8 Å². The van der Waals surface area contributed by atoms with E-state index in [1.807, 2.05) is 0 Å². The molecule has 0 saturated heterocycles. The monoisotopic (exact) mass is 387 g/mol. The van der Waals surface area contributed by atoms with Gasteiger partial charge in [-0.2, -0.15) is 0 Å². The van der Waals surface area contributed by atoms with Crippen LogP contribution in [0, 0.1) is 0 Å². The van der Waals surface area contributed by atoms with Crippen molar-refractivity contribution in [3.8, 4) is 0 Å². The van der Waals surface area contributed by atoms with E-state index in [4.69, 9.17) is 23.2 Å². The zero-order valence-electron chi connectivity index (χ0n) is 12.7. The van der Waals surface area contributed by atoms with Gasteiger partial charge in [0, 0.05) is 24.0 Å². The molecule has 2 aromatic rings. The highest BCUT2D eigenvalue weighted by Gasteiger charge is 2.23. The van der Waals surface area contributed by atoms with Crippen molar-refractivity contribution in [2.45, 2.75) is 6.54 Å². The van der Waals surface area contributed by atoms with Crippen molar-refractivity contribution >= 4 is 44.8 Å². The SMILES string of the molecule is CS(=O)(=O)N(CC(=O)NCc1cccnc1)c1cc(Cl)ccc1Cl. The van der Waals surface area contributed by atoms with Gasteiger partial charge >= 0.3 is 0 Å². The summed E-state index contributed by atoms with van der Waals surface area (Å²) in [5, 5.41) is 3.15. The highest BCUT2D eigenvalue weighted by Crippen LogP contribution is 2.30. The fraction of sp³-hybridized carbons (Fsp3) is 0.200. The second-order valence-electron chi connectivity index (χ2n) is 5.00. The molecule has 0 fully saturated rings. The molecule has 128 valence electrons. The summed E-state index contributed by atoms with van der Waals surface area (Å²) in [5.74, 6) is -0.472. The van der Waals surface area contributed by atoms with Crippen LogP contribution < -0.4 is 9.62 Å². The van der Waals surface area contributed by atoms with Crippen LogP contribution in [0.5, 0.6) is 0 Å². The number of rotatable bonds is 6. The molecule has 2 rings (SSSR count). The van der Waals surface area contributed by atoms with Crippen molar-refractivity contribution in [2.75, 3.05) is 17.1 Å². The van der Waals surface area contributed by atoms with E-state index in [-0.39, 0.29) is 17.3 Å². The van der Waals surface area contributed by atoms with Gasteiger partial charge < -0.3 is 5.32 Å². The van der Waals surface area contributed by atoms with E-state index in [0.717, 1.165) is 16.1 Å². The first-order valence-electron chi connectivity index (χ1n) is 6.86. The molecule has 9 heteroatoms. The number of amides is 1. The van der Waals surface area contributed by atoms with Crippen LogP contribution in [0.1, 0.15) is 5.56 Å². The lowest BCUT2D eigenvalue weighted by Gasteiger charge is -2.23. The standard InChI is InChI=1S/C15H15Cl2N3O3S/c1-24(22,23)20(14-7-12(16)4-5-13(14)17)10-15(21)19-9-11-3-2-6-18-8-11/h2-8H,9-10H2,1H3,(H,19,21). The van der Waals surface area contributed by atoms with Gasteiger partial charge in [-0.15, -0.1) is 0 Å². The van der Waals surface area contributed by atoms with E-state index < -0.39 is 22.5 Å². The lowest BCUT2D eigenvalue weighted by atomic mass is 10.3. The van der Waals surface area contributed by atoms with Crippen molar-refractivity contribution in [1.29, 1.82) is 0 Å². The number of carbonyl (C=O) groups excluding carboxylic acids is 1. The van der Waals surface area contributed by atoms with E-state index in [1.54, 1.807) is 24.5 Å². The lowest BCUT2D eigenvalue weighted by molar-refractivity contribution is -0.119. The lowest BCUT2D eigenvalue weighted by Crippen LogP contribution is -2.40. The van der Waals surface area contributed by atoms with Crippen molar-refractivity contribution < 1.29 is 13.2 Å². The fourth-order valence-corrected chi connectivity index (χ4v) is 3.24. The van der Waals surface area contributed by atoms with Crippen molar-refractivity contribution in [2.24, 2.45) is 0 Å². The number of carbonyl (C=O) groups is 1. The van der Waals surface area contributed by atoms with Crippen LogP contribution in [0.2, 0.25) is 10.0 Å². The third-order valence-electron chi connectivity index (χ3n) is 3.08. The molecule has 1 amide bonds. The Balaban J connectivity index is 2.15. The van der Waals surface area contributed by atoms with Crippen LogP contribution >= 0.6 is 23.2 Å². The van der Waals surface area contributed by atoms with Crippen molar-refractivity contribution in [3.05, 3.63) is 58.3 Å². The summed E-state index contributed by atoms with van der Waals surface area (Å²) in [4.78, 5) is 16.1. The molecule has 6 nitrogen and oxygen atoms in total. The maximum atomic E-state index is 12.1. The van der Waals surface area contributed by atoms with Gasteiger partial charge in [0.25, 0.3) is 0 Å². The number of hydrogen-bond donors (Lipinski definition) is 1. The van der Waals surface area contributed by atoms with Gasteiger partial charge in [-0.25, -0.2) is 8.42 Å². The molecule has 0 radical (unpaired) electrons. The first-order valence-corrected chi connectivity index (χ1v) is 9.46. The van der Waals surface area contributed by atoms with Gasteiger partial charge in [0.2, 0.25) is 15.9 Å². The van der Waals surface area contributed by atoms with Gasteiger partial charge in [0.15, 0.2) is 0 Å². The zero-order valence-corrected chi connectivity index (χ0v) is 15.1. The normalized spacial score (nSPS) is 11.1. The molecule has 0 aliphatic rings. The van der Waals surface area contributed by atoms with Gasteiger partial charge in [-0.3, -0.25) is 14.1 Å². The maximum Gasteiger partial charge on any atom is 0.241 e. The van der Waals surface area contributed by atoms with Gasteiger partial charge in [0.1, 0.15) is 6.54 Å². The average molecular weight is 388 g/mol. The summed E-state index contributed by atoms with van der Waals surface area (Å²) in [6, 6.07) is 7.96. The summed E-state index contributed by atoms with van der Waals surface area (Å²) < 4.78 is 25.0. The molecule has 1 heterocycles. The number of anilines is 1. The summed E-state index contributed by atoms with van der Waals surface area (Å²) in [6.07, 6.45) is 4.24. The fourth-order valence-electron chi connectivity index (χ4n) is 1.95. The molecule has 0 spiro atoms. The Kier molecular flexibility index (Phi) is 6.04. The molecule has 1 aromatic carbocycles. The number of nitrogens with one attached hydrogen (secondary N) is 1. The second kappa shape index (κ2) is 7.83. The zero-order chi connectivity index (χ0) is 17.7. The number of aromatic nitrogens is 1. The van der Waals surface area contributed by atoms with Crippen LogP contribution in [-0.4, -0.2) is 32.1 Å². The van der Waals surface area contributed by atoms with Crippen molar-refractivity contribution in [1.82, 2.24) is 10.3 Å². The number of halogens is 2. The largest absolute Gasteiger partial charge is 0.350 e. The van der Waals surface area contributed by atoms with Crippen LogP contribution in [0.25, 0.3) is 0 Å². The molecule has 1 N–H and O–H groups in total. The van der Waals surface area contributed by atoms with Crippen LogP contribution in [0.3, 0.4) is 0 Å². The number of benzene rings is 1. The molecular weight excluding hydrogens is 373 g/mol. The van der Waals surface area contributed by atoms with E-state index in [9.17, 15) is 13.2 Å². The maximum absolute atomic E-state index is 12.1. The third kappa shape index (κ3) is 5.09. The number of pyridine rings is 1. The van der Waals surface area contributed by atoms with E-state index in [2.05, 4.69) is 10.3 Å². The minimum Gasteiger partial charge on any atom is -0.350 e. The molecule has 0 bridgehead atoms. The van der Waals surface area contributed by atoms with Crippen LogP contribution in [0.15, 0.2) is 42.7 Å². The minimum absolute atomic E-state index is 0.156. The van der Waals surface area contributed by atoms with Crippen LogP contribution in [-0.2, 0) is 21.4 Å². The predicted molar refractivity (Wildman–Crippen MR) is 94.7 cm³/mol. The third-order valence-corrected chi connectivity index (χ3v) is 4.76. The Labute approximate surface area is 150 Å². The number of nitrogens with zero attached hydrogens (tertiary/aromatic N) is 2. The van der Waals surface area contributed by atoms with Gasteiger partial charge in [-0.1, -0.05) is 29.3 Å². The highest BCUT2D eigenvalue weighted by atomic mass is 35.5. The summed E-state index contributed by atoms with van der Waals surface area (Å²) in [6.45, 7) is -0.160. The Bertz CT molecular complexity index is 829. The molecular formula is C15H15Cl2N3O3S. The predicted octanol–water partition coefficient (Wildman–Crippen LogP) is 2.47. The molecule has 0 aliphatic carbocycles. The molecule has 24 heavy (non-hydrogen) atoms. The van der Waals surface area contributed by atoms with Gasteiger partial charge in [0.05, 0.1) is 17.0 Å². The number of hydrogen-bond acceptors (Lipinski definition) is 4. The highest BCUT2D eigenvalue weighted by molar-refractivity contribution is 7.92.